The highest BCUT2D eigenvalue weighted by Gasteiger charge is 2.23. The number of allylic oxidation sites excluding steroid dienone is 2. The van der Waals surface area contributed by atoms with Gasteiger partial charge in [0.15, 0.2) is 11.6 Å². The number of methoxy groups -OCH3 is 1. The normalized spacial score (nSPS) is 28.5. The molecule has 0 aliphatic carbocycles. The summed E-state index contributed by atoms with van der Waals surface area (Å²) >= 11 is 3.60. The summed E-state index contributed by atoms with van der Waals surface area (Å²) in [6.07, 6.45) is 9.37. The molecule has 0 aromatic carbocycles. The smallest absolute Gasteiger partial charge is 0.176 e. The summed E-state index contributed by atoms with van der Waals surface area (Å²) in [5.41, 5.74) is 0. The maximum absolute atomic E-state index is 5.45. The van der Waals surface area contributed by atoms with Crippen molar-refractivity contribution in [3.8, 4) is 0 Å². The number of hydrogen-bond donors (Lipinski definition) is 0. The van der Waals surface area contributed by atoms with Crippen LogP contribution in [0.25, 0.3) is 0 Å². The summed E-state index contributed by atoms with van der Waals surface area (Å²) in [5.74, 6) is 2.19. The minimum absolute atomic E-state index is 0.192. The van der Waals surface area contributed by atoms with Gasteiger partial charge >= 0.3 is 0 Å². The van der Waals surface area contributed by atoms with E-state index in [0.29, 0.717) is 5.92 Å². The minimum atomic E-state index is 0.192. The first-order valence-electron chi connectivity index (χ1n) is 5.79. The Morgan fingerprint density at radius 3 is 2.94 bits per heavy atom. The molecule has 17 heavy (non-hydrogen) atoms. The van der Waals surface area contributed by atoms with Crippen molar-refractivity contribution < 1.29 is 4.74 Å². The second-order valence-corrected chi connectivity index (χ2v) is 5.19. The maximum Gasteiger partial charge on any atom is 0.176 e. The van der Waals surface area contributed by atoms with Gasteiger partial charge in [0, 0.05) is 6.20 Å². The van der Waals surface area contributed by atoms with E-state index in [0.717, 1.165) is 22.6 Å². The summed E-state index contributed by atoms with van der Waals surface area (Å²) in [7, 11) is 1.69. The zero-order valence-electron chi connectivity index (χ0n) is 10.4. The molecular weight excluding hydrogens is 280 g/mol. The van der Waals surface area contributed by atoms with E-state index in [1.54, 1.807) is 7.11 Å². The number of hydrogen-bond acceptors (Lipinski definition) is 3. The highest BCUT2D eigenvalue weighted by Crippen LogP contribution is 2.27. The SMILES string of the molecule is COC1=CCC(C)C=C(Br)N2C=CC(C)N=C12. The molecule has 2 atom stereocenters. The summed E-state index contributed by atoms with van der Waals surface area (Å²) in [6.45, 7) is 4.25. The molecule has 2 rings (SSSR count). The first-order valence-corrected chi connectivity index (χ1v) is 6.58. The average molecular weight is 297 g/mol. The first-order chi connectivity index (χ1) is 8.11. The van der Waals surface area contributed by atoms with Crippen molar-refractivity contribution in [2.24, 2.45) is 10.9 Å². The fourth-order valence-electron chi connectivity index (χ4n) is 1.88. The predicted molar refractivity (Wildman–Crippen MR) is 73.8 cm³/mol. The van der Waals surface area contributed by atoms with E-state index in [4.69, 9.17) is 4.74 Å². The number of rotatable bonds is 1. The molecule has 0 radical (unpaired) electrons. The van der Waals surface area contributed by atoms with Crippen molar-refractivity contribution in [1.29, 1.82) is 0 Å². The van der Waals surface area contributed by atoms with E-state index in [1.807, 2.05) is 11.1 Å². The lowest BCUT2D eigenvalue weighted by molar-refractivity contribution is 0.305. The fourth-order valence-corrected chi connectivity index (χ4v) is 2.61. The van der Waals surface area contributed by atoms with Crippen LogP contribution in [-0.2, 0) is 4.74 Å². The summed E-state index contributed by atoms with van der Waals surface area (Å²) in [6, 6.07) is 0.192. The molecule has 0 fully saturated rings. The van der Waals surface area contributed by atoms with Crippen LogP contribution in [0.5, 0.6) is 0 Å². The molecule has 0 amide bonds. The van der Waals surface area contributed by atoms with E-state index in [-0.39, 0.29) is 6.04 Å². The third kappa shape index (κ3) is 2.63. The Morgan fingerprint density at radius 2 is 2.24 bits per heavy atom. The van der Waals surface area contributed by atoms with Crippen molar-refractivity contribution in [2.75, 3.05) is 7.11 Å². The van der Waals surface area contributed by atoms with Crippen molar-refractivity contribution in [1.82, 2.24) is 4.90 Å². The second kappa shape index (κ2) is 5.08. The molecule has 0 N–H and O–H groups in total. The van der Waals surface area contributed by atoms with Gasteiger partial charge in [-0.05, 0) is 53.4 Å². The Labute approximate surface area is 111 Å². The van der Waals surface area contributed by atoms with Gasteiger partial charge < -0.3 is 4.74 Å². The molecule has 0 bridgehead atoms. The Hall–Kier alpha value is -1.03. The molecule has 0 saturated heterocycles. The zero-order chi connectivity index (χ0) is 12.4. The summed E-state index contributed by atoms with van der Waals surface area (Å²) in [5, 5.41) is 0. The van der Waals surface area contributed by atoms with Gasteiger partial charge in [-0.25, -0.2) is 0 Å². The molecule has 0 saturated carbocycles. The van der Waals surface area contributed by atoms with Crippen molar-refractivity contribution in [2.45, 2.75) is 26.3 Å². The summed E-state index contributed by atoms with van der Waals surface area (Å²) < 4.78 is 6.47. The second-order valence-electron chi connectivity index (χ2n) is 4.38. The monoisotopic (exact) mass is 296 g/mol. The Kier molecular flexibility index (Phi) is 3.72. The number of ether oxygens (including phenoxy) is 1. The van der Waals surface area contributed by atoms with Crippen molar-refractivity contribution >= 4 is 21.8 Å². The standard InChI is InChI=1S/C13H17BrN2O/c1-9-4-5-11(17-3)13-15-10(2)6-7-16(13)12(14)8-9/h5-10H,4H2,1-3H3. The van der Waals surface area contributed by atoms with Gasteiger partial charge in [-0.3, -0.25) is 9.89 Å². The number of fused-ring (bicyclic) bond motifs is 1. The van der Waals surface area contributed by atoms with E-state index in [1.165, 1.54) is 0 Å². The number of amidine groups is 1. The van der Waals surface area contributed by atoms with E-state index in [2.05, 4.69) is 53.0 Å². The Balaban J connectivity index is 2.43. The van der Waals surface area contributed by atoms with Crippen LogP contribution in [-0.4, -0.2) is 23.9 Å². The lowest BCUT2D eigenvalue weighted by atomic mass is 10.1. The third-order valence-corrected chi connectivity index (χ3v) is 3.48. The van der Waals surface area contributed by atoms with Gasteiger partial charge in [-0.15, -0.1) is 0 Å². The molecular formula is C13H17BrN2O. The lowest BCUT2D eigenvalue weighted by Gasteiger charge is -2.29. The van der Waals surface area contributed by atoms with Crippen LogP contribution in [0.2, 0.25) is 0 Å². The molecule has 3 nitrogen and oxygen atoms in total. The van der Waals surface area contributed by atoms with E-state index in [9.17, 15) is 0 Å². The molecule has 0 spiro atoms. The van der Waals surface area contributed by atoms with Crippen molar-refractivity contribution in [3.63, 3.8) is 0 Å². The van der Waals surface area contributed by atoms with Gasteiger partial charge in [0.2, 0.25) is 0 Å². The van der Waals surface area contributed by atoms with Crippen LogP contribution in [0.4, 0.5) is 0 Å². The topological polar surface area (TPSA) is 24.8 Å². The molecule has 2 heterocycles. The van der Waals surface area contributed by atoms with Gasteiger partial charge in [-0.2, -0.15) is 0 Å². The highest BCUT2D eigenvalue weighted by molar-refractivity contribution is 9.11. The molecule has 2 unspecified atom stereocenters. The molecule has 92 valence electrons. The first kappa shape index (κ1) is 12.4. The molecule has 0 aromatic heterocycles. The van der Waals surface area contributed by atoms with Gasteiger partial charge in [-0.1, -0.05) is 6.92 Å². The van der Waals surface area contributed by atoms with Gasteiger partial charge in [0.25, 0.3) is 0 Å². The number of nitrogens with zero attached hydrogens (tertiary/aromatic N) is 2. The fraction of sp³-hybridized carbons (Fsp3) is 0.462. The van der Waals surface area contributed by atoms with Crippen molar-refractivity contribution in [3.05, 3.63) is 34.8 Å². The predicted octanol–water partition coefficient (Wildman–Crippen LogP) is 3.41. The number of halogens is 1. The Morgan fingerprint density at radius 1 is 1.47 bits per heavy atom. The van der Waals surface area contributed by atoms with Crippen LogP contribution < -0.4 is 0 Å². The lowest BCUT2D eigenvalue weighted by Crippen LogP contribution is -2.31. The van der Waals surface area contributed by atoms with Crippen LogP contribution in [0.3, 0.4) is 0 Å². The van der Waals surface area contributed by atoms with Gasteiger partial charge in [0.1, 0.15) is 0 Å². The quantitative estimate of drug-likeness (QED) is 0.693. The van der Waals surface area contributed by atoms with Crippen LogP contribution in [0.1, 0.15) is 20.3 Å². The van der Waals surface area contributed by atoms with E-state index >= 15 is 0 Å². The molecule has 2 aliphatic heterocycles. The maximum atomic E-state index is 5.45. The van der Waals surface area contributed by atoms with Gasteiger partial charge in [0.05, 0.1) is 17.8 Å². The zero-order valence-corrected chi connectivity index (χ0v) is 11.9. The number of aliphatic imine (C=N–C) groups is 1. The van der Waals surface area contributed by atoms with Crippen LogP contribution in [0.15, 0.2) is 39.8 Å². The van der Waals surface area contributed by atoms with E-state index < -0.39 is 0 Å². The molecule has 4 heteroatoms. The minimum Gasteiger partial charge on any atom is -0.493 e. The van der Waals surface area contributed by atoms with Crippen LogP contribution >= 0.6 is 15.9 Å². The molecule has 2 aliphatic rings. The third-order valence-electron chi connectivity index (χ3n) is 2.84. The molecule has 0 aromatic rings. The Bertz CT molecular complexity index is 423. The summed E-state index contributed by atoms with van der Waals surface area (Å²) in [4.78, 5) is 6.64. The highest BCUT2D eigenvalue weighted by atomic mass is 79.9. The largest absolute Gasteiger partial charge is 0.493 e. The van der Waals surface area contributed by atoms with Crippen LogP contribution in [0, 0.1) is 5.92 Å². The average Bonchev–Trinajstić information content (AvgIpc) is 2.28.